The molecule has 6 heteroatoms. The lowest BCUT2D eigenvalue weighted by Crippen LogP contribution is -2.26. The predicted octanol–water partition coefficient (Wildman–Crippen LogP) is 2.31. The molecule has 1 aliphatic rings. The van der Waals surface area contributed by atoms with Gasteiger partial charge in [0.1, 0.15) is 0 Å². The van der Waals surface area contributed by atoms with E-state index in [0.717, 1.165) is 24.8 Å². The Balaban J connectivity index is 1.80. The third-order valence-corrected chi connectivity index (χ3v) is 4.06. The van der Waals surface area contributed by atoms with Crippen LogP contribution in [-0.4, -0.2) is 24.2 Å². The van der Waals surface area contributed by atoms with E-state index in [4.69, 9.17) is 4.74 Å². The van der Waals surface area contributed by atoms with Crippen molar-refractivity contribution in [1.29, 1.82) is 0 Å². The number of methoxy groups -OCH3 is 1. The van der Waals surface area contributed by atoms with Gasteiger partial charge in [-0.3, -0.25) is 10.1 Å². The molecule has 0 spiro atoms. The molecule has 1 aliphatic carbocycles. The molecular weight excluding hydrogens is 240 g/mol. The molecule has 2 unspecified atom stereocenters. The summed E-state index contributed by atoms with van der Waals surface area (Å²) < 4.78 is 5.30. The Morgan fingerprint density at radius 3 is 3.06 bits per heavy atom. The van der Waals surface area contributed by atoms with Crippen LogP contribution < -0.4 is 5.32 Å². The van der Waals surface area contributed by atoms with E-state index in [9.17, 15) is 10.1 Å². The number of nitro groups is 1. The molecule has 1 aromatic heterocycles. The molecule has 0 saturated heterocycles. The molecular formula is C11H16N2O3S. The zero-order valence-corrected chi connectivity index (χ0v) is 10.5. The van der Waals surface area contributed by atoms with Gasteiger partial charge in [0.05, 0.1) is 11.0 Å². The standard InChI is InChI=1S/C11H16N2O3S/c1-16-10-3-2-9(5-10)12-6-8-4-11(13(14)15)17-7-8/h4,7,9-10,12H,2-3,5-6H2,1H3. The summed E-state index contributed by atoms with van der Waals surface area (Å²) in [5.41, 5.74) is 0.988. The molecule has 94 valence electrons. The fourth-order valence-electron chi connectivity index (χ4n) is 2.15. The number of hydrogen-bond acceptors (Lipinski definition) is 5. The molecule has 1 heterocycles. The number of ether oxygens (including phenoxy) is 1. The van der Waals surface area contributed by atoms with Crippen LogP contribution in [0.4, 0.5) is 5.00 Å². The Hall–Kier alpha value is -0.980. The van der Waals surface area contributed by atoms with Gasteiger partial charge in [-0.1, -0.05) is 11.3 Å². The summed E-state index contributed by atoms with van der Waals surface area (Å²) in [7, 11) is 1.75. The molecule has 0 bridgehead atoms. The molecule has 2 rings (SSSR count). The molecule has 0 radical (unpaired) electrons. The van der Waals surface area contributed by atoms with E-state index < -0.39 is 0 Å². The normalized spacial score (nSPS) is 24.1. The van der Waals surface area contributed by atoms with Crippen LogP contribution >= 0.6 is 11.3 Å². The molecule has 2 atom stereocenters. The Bertz CT molecular complexity index is 394. The van der Waals surface area contributed by atoms with E-state index in [2.05, 4.69) is 5.32 Å². The fourth-order valence-corrected chi connectivity index (χ4v) is 2.88. The van der Waals surface area contributed by atoms with Crippen molar-refractivity contribution >= 4 is 16.3 Å². The van der Waals surface area contributed by atoms with Gasteiger partial charge in [-0.25, -0.2) is 0 Å². The van der Waals surface area contributed by atoms with Crippen LogP contribution in [0.5, 0.6) is 0 Å². The average molecular weight is 256 g/mol. The van der Waals surface area contributed by atoms with E-state index in [1.807, 2.05) is 5.38 Å². The van der Waals surface area contributed by atoms with Crippen LogP contribution in [0.15, 0.2) is 11.4 Å². The summed E-state index contributed by atoms with van der Waals surface area (Å²) in [5.74, 6) is 0. The van der Waals surface area contributed by atoms with Gasteiger partial charge >= 0.3 is 5.00 Å². The maximum Gasteiger partial charge on any atom is 0.324 e. The molecule has 0 aromatic carbocycles. The molecule has 0 aliphatic heterocycles. The molecule has 1 fully saturated rings. The quantitative estimate of drug-likeness (QED) is 0.648. The van der Waals surface area contributed by atoms with Crippen molar-refractivity contribution in [1.82, 2.24) is 5.32 Å². The number of rotatable bonds is 5. The summed E-state index contributed by atoms with van der Waals surface area (Å²) >= 11 is 1.18. The maximum absolute atomic E-state index is 10.5. The van der Waals surface area contributed by atoms with Gasteiger partial charge in [-0.2, -0.15) is 0 Å². The highest BCUT2D eigenvalue weighted by molar-refractivity contribution is 7.13. The van der Waals surface area contributed by atoms with Crippen LogP contribution in [0.1, 0.15) is 24.8 Å². The first-order valence-corrected chi connectivity index (χ1v) is 6.55. The molecule has 1 N–H and O–H groups in total. The van der Waals surface area contributed by atoms with E-state index in [-0.39, 0.29) is 9.92 Å². The first-order valence-electron chi connectivity index (χ1n) is 5.67. The first kappa shape index (κ1) is 12.5. The van der Waals surface area contributed by atoms with E-state index in [1.165, 1.54) is 11.3 Å². The number of thiophene rings is 1. The van der Waals surface area contributed by atoms with Crippen molar-refractivity contribution in [2.75, 3.05) is 7.11 Å². The predicted molar refractivity (Wildman–Crippen MR) is 66.2 cm³/mol. The number of nitrogens with zero attached hydrogens (tertiary/aromatic N) is 1. The summed E-state index contributed by atoms with van der Waals surface area (Å²) in [6.45, 7) is 0.700. The van der Waals surface area contributed by atoms with Crippen LogP contribution in [0.3, 0.4) is 0 Å². The highest BCUT2D eigenvalue weighted by atomic mass is 32.1. The molecule has 0 amide bonds. The van der Waals surface area contributed by atoms with Crippen LogP contribution in [0.2, 0.25) is 0 Å². The monoisotopic (exact) mass is 256 g/mol. The number of hydrogen-bond donors (Lipinski definition) is 1. The Labute approximate surface area is 104 Å². The SMILES string of the molecule is COC1CCC(NCc2csc([N+](=O)[O-])c2)C1. The topological polar surface area (TPSA) is 64.4 Å². The zero-order valence-electron chi connectivity index (χ0n) is 9.72. The zero-order chi connectivity index (χ0) is 12.3. The molecule has 1 aromatic rings. The van der Waals surface area contributed by atoms with Crippen LogP contribution in [-0.2, 0) is 11.3 Å². The third-order valence-electron chi connectivity index (χ3n) is 3.13. The van der Waals surface area contributed by atoms with E-state index in [1.54, 1.807) is 13.2 Å². The summed E-state index contributed by atoms with van der Waals surface area (Å²) in [6, 6.07) is 2.11. The van der Waals surface area contributed by atoms with Gasteiger partial charge in [-0.05, 0) is 24.8 Å². The van der Waals surface area contributed by atoms with Gasteiger partial charge < -0.3 is 10.1 Å². The minimum atomic E-state index is -0.343. The summed E-state index contributed by atoms with van der Waals surface area (Å²) in [6.07, 6.45) is 3.61. The van der Waals surface area contributed by atoms with Gasteiger partial charge in [0.25, 0.3) is 0 Å². The lowest BCUT2D eigenvalue weighted by Gasteiger charge is -2.11. The van der Waals surface area contributed by atoms with E-state index in [0.29, 0.717) is 18.7 Å². The highest BCUT2D eigenvalue weighted by Gasteiger charge is 2.23. The maximum atomic E-state index is 10.5. The van der Waals surface area contributed by atoms with Crippen molar-refractivity contribution in [3.8, 4) is 0 Å². The first-order chi connectivity index (χ1) is 8.19. The highest BCUT2D eigenvalue weighted by Crippen LogP contribution is 2.24. The lowest BCUT2D eigenvalue weighted by molar-refractivity contribution is -0.380. The summed E-state index contributed by atoms with van der Waals surface area (Å²) in [4.78, 5) is 10.2. The minimum Gasteiger partial charge on any atom is -0.381 e. The van der Waals surface area contributed by atoms with Gasteiger partial charge in [0, 0.05) is 31.1 Å². The number of nitrogens with one attached hydrogen (secondary N) is 1. The fraction of sp³-hybridized carbons (Fsp3) is 0.636. The molecule has 17 heavy (non-hydrogen) atoms. The van der Waals surface area contributed by atoms with Crippen LogP contribution in [0, 0.1) is 10.1 Å². The second-order valence-electron chi connectivity index (χ2n) is 4.30. The van der Waals surface area contributed by atoms with Crippen molar-refractivity contribution in [3.05, 3.63) is 27.1 Å². The third kappa shape index (κ3) is 3.24. The van der Waals surface area contributed by atoms with Gasteiger partial charge in [-0.15, -0.1) is 0 Å². The Morgan fingerprint density at radius 1 is 1.65 bits per heavy atom. The van der Waals surface area contributed by atoms with Crippen molar-refractivity contribution in [2.45, 2.75) is 38.0 Å². The second-order valence-corrected chi connectivity index (χ2v) is 5.19. The molecule has 5 nitrogen and oxygen atoms in total. The lowest BCUT2D eigenvalue weighted by atomic mass is 10.2. The van der Waals surface area contributed by atoms with Crippen molar-refractivity contribution < 1.29 is 9.66 Å². The minimum absolute atomic E-state index is 0.211. The Morgan fingerprint density at radius 2 is 2.47 bits per heavy atom. The smallest absolute Gasteiger partial charge is 0.324 e. The largest absolute Gasteiger partial charge is 0.381 e. The molecule has 1 saturated carbocycles. The average Bonchev–Trinajstić information content (AvgIpc) is 2.95. The van der Waals surface area contributed by atoms with E-state index >= 15 is 0 Å². The second kappa shape index (κ2) is 5.57. The van der Waals surface area contributed by atoms with Crippen molar-refractivity contribution in [2.24, 2.45) is 0 Å². The Kier molecular flexibility index (Phi) is 4.09. The van der Waals surface area contributed by atoms with Gasteiger partial charge in [0.15, 0.2) is 0 Å². The summed E-state index contributed by atoms with van der Waals surface area (Å²) in [5, 5.41) is 16.0. The van der Waals surface area contributed by atoms with Crippen LogP contribution in [0.25, 0.3) is 0 Å². The van der Waals surface area contributed by atoms with Gasteiger partial charge in [0.2, 0.25) is 0 Å². The van der Waals surface area contributed by atoms with Crippen molar-refractivity contribution in [3.63, 3.8) is 0 Å².